The van der Waals surface area contributed by atoms with Crippen LogP contribution in [0.4, 0.5) is 5.69 Å². The van der Waals surface area contributed by atoms with Crippen molar-refractivity contribution in [2.75, 3.05) is 33.2 Å². The number of anilines is 1. The number of amides is 2. The third-order valence-corrected chi connectivity index (χ3v) is 3.89. The highest BCUT2D eigenvalue weighted by molar-refractivity contribution is 6.04. The molecule has 0 bridgehead atoms. The maximum atomic E-state index is 12.0. The molecule has 0 saturated heterocycles. The van der Waals surface area contributed by atoms with Gasteiger partial charge in [-0.25, -0.2) is 0 Å². The quantitative estimate of drug-likeness (QED) is 0.660. The van der Waals surface area contributed by atoms with E-state index in [1.807, 2.05) is 18.2 Å². The van der Waals surface area contributed by atoms with Crippen LogP contribution >= 0.6 is 0 Å². The molecule has 0 heterocycles. The van der Waals surface area contributed by atoms with E-state index in [4.69, 9.17) is 14.2 Å². The molecular formula is C20H24N2O5. The summed E-state index contributed by atoms with van der Waals surface area (Å²) in [5.74, 6) is 1.08. The van der Waals surface area contributed by atoms with Gasteiger partial charge in [0.05, 0.1) is 27.0 Å². The van der Waals surface area contributed by atoms with Crippen molar-refractivity contribution in [2.24, 2.45) is 0 Å². The normalized spacial score (nSPS) is 10.0. The van der Waals surface area contributed by atoms with Crippen LogP contribution < -0.4 is 24.8 Å². The highest BCUT2D eigenvalue weighted by atomic mass is 16.5. The molecule has 0 aliphatic carbocycles. The van der Waals surface area contributed by atoms with E-state index in [1.165, 1.54) is 7.11 Å². The van der Waals surface area contributed by atoms with Crippen molar-refractivity contribution in [3.63, 3.8) is 0 Å². The Hall–Kier alpha value is -3.22. The number of carbonyl (C=O) groups excluding carboxylic acids is 2. The van der Waals surface area contributed by atoms with Crippen LogP contribution in [0.2, 0.25) is 0 Å². The molecule has 2 N–H and O–H groups in total. The van der Waals surface area contributed by atoms with Crippen LogP contribution in [0.5, 0.6) is 17.2 Å². The largest absolute Gasteiger partial charge is 0.495 e. The minimum atomic E-state index is -0.400. The summed E-state index contributed by atoms with van der Waals surface area (Å²) >= 11 is 0. The Bertz CT molecular complexity index is 792. The molecule has 144 valence electrons. The summed E-state index contributed by atoms with van der Waals surface area (Å²) in [5, 5.41) is 5.41. The highest BCUT2D eigenvalue weighted by Crippen LogP contribution is 2.27. The van der Waals surface area contributed by atoms with E-state index in [9.17, 15) is 9.59 Å². The molecule has 27 heavy (non-hydrogen) atoms. The third-order valence-electron chi connectivity index (χ3n) is 3.89. The Morgan fingerprint density at radius 1 is 0.852 bits per heavy atom. The fourth-order valence-electron chi connectivity index (χ4n) is 2.53. The van der Waals surface area contributed by atoms with E-state index in [0.29, 0.717) is 35.9 Å². The van der Waals surface area contributed by atoms with E-state index in [-0.39, 0.29) is 12.3 Å². The van der Waals surface area contributed by atoms with E-state index < -0.39 is 5.91 Å². The molecule has 0 fully saturated rings. The van der Waals surface area contributed by atoms with Crippen LogP contribution in [0.25, 0.3) is 0 Å². The van der Waals surface area contributed by atoms with Gasteiger partial charge in [-0.1, -0.05) is 18.2 Å². The lowest BCUT2D eigenvalue weighted by Gasteiger charge is -2.11. The average Bonchev–Trinajstić information content (AvgIpc) is 2.68. The van der Waals surface area contributed by atoms with Gasteiger partial charge in [0.15, 0.2) is 11.5 Å². The smallest absolute Gasteiger partial charge is 0.233 e. The van der Waals surface area contributed by atoms with Gasteiger partial charge in [-0.2, -0.15) is 0 Å². The van der Waals surface area contributed by atoms with E-state index in [0.717, 1.165) is 5.56 Å². The van der Waals surface area contributed by atoms with Crippen molar-refractivity contribution in [1.82, 2.24) is 5.32 Å². The Balaban J connectivity index is 1.80. The first kappa shape index (κ1) is 20.1. The summed E-state index contributed by atoms with van der Waals surface area (Å²) in [4.78, 5) is 24.0. The number of rotatable bonds is 9. The van der Waals surface area contributed by atoms with Gasteiger partial charge in [-0.3, -0.25) is 9.59 Å². The summed E-state index contributed by atoms with van der Waals surface area (Å²) in [6.07, 6.45) is 0.351. The van der Waals surface area contributed by atoms with Gasteiger partial charge in [-0.05, 0) is 36.2 Å². The molecule has 0 atom stereocenters. The van der Waals surface area contributed by atoms with Crippen molar-refractivity contribution in [1.29, 1.82) is 0 Å². The molecule has 2 aromatic carbocycles. The zero-order valence-electron chi connectivity index (χ0n) is 15.7. The standard InChI is InChI=1S/C20H24N2O5/c1-25-16-7-5-4-6-15(16)22-20(24)13-19(23)21-11-10-14-8-9-17(26-2)18(12-14)27-3/h4-9,12H,10-11,13H2,1-3H3,(H,21,23)(H,22,24). The summed E-state index contributed by atoms with van der Waals surface area (Å²) in [6.45, 7) is 0.413. The molecular weight excluding hydrogens is 348 g/mol. The lowest BCUT2D eigenvalue weighted by molar-refractivity contribution is -0.126. The number of nitrogens with one attached hydrogen (secondary N) is 2. The molecule has 7 heteroatoms. The van der Waals surface area contributed by atoms with Crippen molar-refractivity contribution >= 4 is 17.5 Å². The number of carbonyl (C=O) groups is 2. The number of ether oxygens (including phenoxy) is 3. The number of para-hydroxylation sites is 2. The second-order valence-corrected chi connectivity index (χ2v) is 5.71. The Labute approximate surface area is 158 Å². The van der Waals surface area contributed by atoms with Crippen LogP contribution in [-0.4, -0.2) is 39.7 Å². The maximum absolute atomic E-state index is 12.0. The van der Waals surface area contributed by atoms with Crippen LogP contribution in [0.3, 0.4) is 0 Å². The predicted octanol–water partition coefficient (Wildman–Crippen LogP) is 2.40. The van der Waals surface area contributed by atoms with Crippen molar-refractivity contribution in [2.45, 2.75) is 12.8 Å². The van der Waals surface area contributed by atoms with Crippen molar-refractivity contribution < 1.29 is 23.8 Å². The van der Waals surface area contributed by atoms with Crippen LogP contribution in [0.1, 0.15) is 12.0 Å². The molecule has 2 amide bonds. The molecule has 0 radical (unpaired) electrons. The molecule has 0 aromatic heterocycles. The molecule has 0 aliphatic rings. The van der Waals surface area contributed by atoms with E-state index in [2.05, 4.69) is 10.6 Å². The van der Waals surface area contributed by atoms with Gasteiger partial charge in [-0.15, -0.1) is 0 Å². The fraction of sp³-hybridized carbons (Fsp3) is 0.300. The molecule has 0 saturated carbocycles. The summed E-state index contributed by atoms with van der Waals surface area (Å²) in [7, 11) is 4.67. The lowest BCUT2D eigenvalue weighted by Crippen LogP contribution is -2.29. The zero-order chi connectivity index (χ0) is 19.6. The predicted molar refractivity (Wildman–Crippen MR) is 103 cm³/mol. The molecule has 0 aliphatic heterocycles. The number of hydrogen-bond donors (Lipinski definition) is 2. The second kappa shape index (κ2) is 10.1. The first-order valence-corrected chi connectivity index (χ1v) is 8.47. The summed E-state index contributed by atoms with van der Waals surface area (Å²) in [5.41, 5.74) is 1.52. The van der Waals surface area contributed by atoms with Crippen molar-refractivity contribution in [3.8, 4) is 17.2 Å². The van der Waals surface area contributed by atoms with Gasteiger partial charge in [0.1, 0.15) is 12.2 Å². The van der Waals surface area contributed by atoms with Gasteiger partial charge in [0.2, 0.25) is 11.8 Å². The molecule has 7 nitrogen and oxygen atoms in total. The maximum Gasteiger partial charge on any atom is 0.233 e. The average molecular weight is 372 g/mol. The van der Waals surface area contributed by atoms with Gasteiger partial charge in [0.25, 0.3) is 0 Å². The zero-order valence-corrected chi connectivity index (χ0v) is 15.7. The lowest BCUT2D eigenvalue weighted by atomic mass is 10.1. The number of methoxy groups -OCH3 is 3. The summed E-state index contributed by atoms with van der Waals surface area (Å²) < 4.78 is 15.6. The minimum Gasteiger partial charge on any atom is -0.495 e. The van der Waals surface area contributed by atoms with Crippen molar-refractivity contribution in [3.05, 3.63) is 48.0 Å². The number of benzene rings is 2. The summed E-state index contributed by atoms with van der Waals surface area (Å²) in [6, 6.07) is 12.6. The van der Waals surface area contributed by atoms with Crippen LogP contribution in [0.15, 0.2) is 42.5 Å². The molecule has 2 rings (SSSR count). The second-order valence-electron chi connectivity index (χ2n) is 5.71. The Morgan fingerprint density at radius 3 is 2.26 bits per heavy atom. The van der Waals surface area contributed by atoms with E-state index in [1.54, 1.807) is 38.5 Å². The monoisotopic (exact) mass is 372 g/mol. The van der Waals surface area contributed by atoms with Gasteiger partial charge in [0, 0.05) is 6.54 Å². The van der Waals surface area contributed by atoms with Crippen LogP contribution in [0, 0.1) is 0 Å². The topological polar surface area (TPSA) is 85.9 Å². The molecule has 0 unspecified atom stereocenters. The van der Waals surface area contributed by atoms with E-state index >= 15 is 0 Å². The number of hydrogen-bond acceptors (Lipinski definition) is 5. The Kier molecular flexibility index (Phi) is 7.49. The fourth-order valence-corrected chi connectivity index (χ4v) is 2.53. The molecule has 2 aromatic rings. The SMILES string of the molecule is COc1ccccc1NC(=O)CC(=O)NCCc1ccc(OC)c(OC)c1. The first-order valence-electron chi connectivity index (χ1n) is 8.47. The minimum absolute atomic E-state index is 0.260. The van der Waals surface area contributed by atoms with Crippen LogP contribution in [-0.2, 0) is 16.0 Å². The third kappa shape index (κ3) is 5.91. The Morgan fingerprint density at radius 2 is 1.56 bits per heavy atom. The highest BCUT2D eigenvalue weighted by Gasteiger charge is 2.12. The van der Waals surface area contributed by atoms with Gasteiger partial charge < -0.3 is 24.8 Å². The molecule has 0 spiro atoms. The van der Waals surface area contributed by atoms with Gasteiger partial charge >= 0.3 is 0 Å². The first-order chi connectivity index (χ1) is 13.1.